The minimum Gasteiger partial charge on any atom is -0.496 e. The number of nitrogen functional groups attached to an aromatic ring is 1. The third-order valence-corrected chi connectivity index (χ3v) is 3.54. The third kappa shape index (κ3) is 3.19. The van der Waals surface area contributed by atoms with Crippen LogP contribution in [0.1, 0.15) is 41.3 Å². The summed E-state index contributed by atoms with van der Waals surface area (Å²) in [5.41, 5.74) is 8.22. The van der Waals surface area contributed by atoms with E-state index in [1.165, 1.54) is 0 Å². The van der Waals surface area contributed by atoms with Gasteiger partial charge in [0.2, 0.25) is 0 Å². The molecule has 0 unspecified atom stereocenters. The van der Waals surface area contributed by atoms with Crippen molar-refractivity contribution in [1.29, 1.82) is 0 Å². The fraction of sp³-hybridized carbons (Fsp3) is 0.235. The summed E-state index contributed by atoms with van der Waals surface area (Å²) in [6, 6.07) is 10.3. The maximum absolute atomic E-state index is 12.7. The van der Waals surface area contributed by atoms with Crippen molar-refractivity contribution in [3.05, 3.63) is 58.1 Å². The topological polar surface area (TPSA) is 52.3 Å². The quantitative estimate of drug-likeness (QED) is 0.677. The molecule has 0 aromatic heterocycles. The van der Waals surface area contributed by atoms with Gasteiger partial charge in [-0.3, -0.25) is 4.79 Å². The van der Waals surface area contributed by atoms with Gasteiger partial charge in [-0.25, -0.2) is 0 Å². The summed E-state index contributed by atoms with van der Waals surface area (Å²) in [4.78, 5) is 12.7. The minimum atomic E-state index is -0.128. The predicted molar refractivity (Wildman–Crippen MR) is 86.4 cm³/mol. The lowest BCUT2D eigenvalue weighted by molar-refractivity contribution is 0.103. The number of hydrogen-bond acceptors (Lipinski definition) is 3. The first-order valence-electron chi connectivity index (χ1n) is 6.71. The number of hydrogen-bond donors (Lipinski definition) is 1. The van der Waals surface area contributed by atoms with Crippen LogP contribution in [0.15, 0.2) is 36.4 Å². The number of anilines is 1. The Hall–Kier alpha value is -2.00. The van der Waals surface area contributed by atoms with Crippen molar-refractivity contribution in [2.75, 3.05) is 12.8 Å². The van der Waals surface area contributed by atoms with Crippen molar-refractivity contribution in [1.82, 2.24) is 0 Å². The fourth-order valence-electron chi connectivity index (χ4n) is 2.23. The van der Waals surface area contributed by atoms with Crippen LogP contribution < -0.4 is 10.5 Å². The Morgan fingerprint density at radius 3 is 2.33 bits per heavy atom. The monoisotopic (exact) mass is 303 g/mol. The molecule has 0 bridgehead atoms. The first-order valence-corrected chi connectivity index (χ1v) is 7.09. The van der Waals surface area contributed by atoms with Gasteiger partial charge in [0.15, 0.2) is 5.78 Å². The number of methoxy groups -OCH3 is 1. The maximum atomic E-state index is 12.7. The summed E-state index contributed by atoms with van der Waals surface area (Å²) in [5, 5.41) is 0.526. The number of benzene rings is 2. The van der Waals surface area contributed by atoms with E-state index >= 15 is 0 Å². The molecule has 3 nitrogen and oxygen atoms in total. The van der Waals surface area contributed by atoms with Crippen LogP contribution in [0.5, 0.6) is 5.75 Å². The van der Waals surface area contributed by atoms with Gasteiger partial charge in [0.05, 0.1) is 12.7 Å². The van der Waals surface area contributed by atoms with Crippen LogP contribution in [0, 0.1) is 0 Å². The largest absolute Gasteiger partial charge is 0.496 e. The van der Waals surface area contributed by atoms with Gasteiger partial charge < -0.3 is 10.5 Å². The van der Waals surface area contributed by atoms with E-state index in [2.05, 4.69) is 0 Å². The van der Waals surface area contributed by atoms with E-state index in [0.717, 1.165) is 5.56 Å². The van der Waals surface area contributed by atoms with Crippen LogP contribution >= 0.6 is 11.6 Å². The van der Waals surface area contributed by atoms with Gasteiger partial charge in [0, 0.05) is 16.3 Å². The van der Waals surface area contributed by atoms with E-state index in [1.54, 1.807) is 37.4 Å². The van der Waals surface area contributed by atoms with Crippen LogP contribution in [0.3, 0.4) is 0 Å². The molecule has 0 aliphatic carbocycles. The van der Waals surface area contributed by atoms with Gasteiger partial charge in [-0.15, -0.1) is 0 Å². The Kier molecular flexibility index (Phi) is 4.53. The Labute approximate surface area is 129 Å². The van der Waals surface area contributed by atoms with Crippen molar-refractivity contribution < 1.29 is 9.53 Å². The van der Waals surface area contributed by atoms with E-state index < -0.39 is 0 Å². The SMILES string of the molecule is COc1c(C(=O)c2ccc(N)cc2)cc(Cl)cc1C(C)C. The Morgan fingerprint density at radius 2 is 1.81 bits per heavy atom. The highest BCUT2D eigenvalue weighted by Crippen LogP contribution is 2.34. The molecule has 0 fully saturated rings. The van der Waals surface area contributed by atoms with E-state index in [9.17, 15) is 4.79 Å². The zero-order valence-corrected chi connectivity index (χ0v) is 13.1. The number of halogens is 1. The standard InChI is InChI=1S/C17H18ClNO2/c1-10(2)14-8-12(18)9-15(17(14)21-3)16(20)11-4-6-13(19)7-5-11/h4-10H,19H2,1-3H3. The lowest BCUT2D eigenvalue weighted by Crippen LogP contribution is -2.07. The number of ether oxygens (including phenoxy) is 1. The number of ketones is 1. The molecule has 0 amide bonds. The fourth-order valence-corrected chi connectivity index (χ4v) is 2.46. The number of rotatable bonds is 4. The molecule has 0 saturated heterocycles. The van der Waals surface area contributed by atoms with Gasteiger partial charge in [-0.05, 0) is 47.9 Å². The highest BCUT2D eigenvalue weighted by molar-refractivity contribution is 6.31. The molecule has 0 saturated carbocycles. The number of carbonyl (C=O) groups is 1. The Morgan fingerprint density at radius 1 is 1.19 bits per heavy atom. The number of nitrogens with two attached hydrogens (primary N) is 1. The highest BCUT2D eigenvalue weighted by Gasteiger charge is 2.20. The zero-order valence-electron chi connectivity index (χ0n) is 12.3. The molecular weight excluding hydrogens is 286 g/mol. The number of carbonyl (C=O) groups excluding carboxylic acids is 1. The van der Waals surface area contributed by atoms with Gasteiger partial charge in [0.25, 0.3) is 0 Å². The summed E-state index contributed by atoms with van der Waals surface area (Å²) < 4.78 is 5.45. The lowest BCUT2D eigenvalue weighted by atomic mass is 9.95. The van der Waals surface area contributed by atoms with Crippen molar-refractivity contribution in [2.24, 2.45) is 0 Å². The average Bonchev–Trinajstić information content (AvgIpc) is 2.46. The van der Waals surface area contributed by atoms with E-state index in [-0.39, 0.29) is 11.7 Å². The van der Waals surface area contributed by atoms with Gasteiger partial charge in [-0.2, -0.15) is 0 Å². The van der Waals surface area contributed by atoms with Crippen LogP contribution in [0.2, 0.25) is 5.02 Å². The molecule has 0 aliphatic rings. The second-order valence-corrected chi connectivity index (χ2v) is 5.62. The molecule has 2 aromatic carbocycles. The van der Waals surface area contributed by atoms with E-state index in [0.29, 0.717) is 27.6 Å². The first-order chi connectivity index (χ1) is 9.93. The van der Waals surface area contributed by atoms with Crippen LogP contribution in [0.4, 0.5) is 5.69 Å². The first kappa shape index (κ1) is 15.4. The lowest BCUT2D eigenvalue weighted by Gasteiger charge is -2.16. The molecule has 2 N–H and O–H groups in total. The maximum Gasteiger partial charge on any atom is 0.196 e. The van der Waals surface area contributed by atoms with Crippen LogP contribution in [-0.2, 0) is 0 Å². The average molecular weight is 304 g/mol. The molecule has 0 radical (unpaired) electrons. The molecule has 0 spiro atoms. The molecule has 2 rings (SSSR count). The van der Waals surface area contributed by atoms with Crippen LogP contribution in [0.25, 0.3) is 0 Å². The van der Waals surface area contributed by atoms with Gasteiger partial charge >= 0.3 is 0 Å². The smallest absolute Gasteiger partial charge is 0.196 e. The summed E-state index contributed by atoms with van der Waals surface area (Å²) in [7, 11) is 1.56. The molecule has 2 aromatic rings. The third-order valence-electron chi connectivity index (χ3n) is 3.33. The van der Waals surface area contributed by atoms with Gasteiger partial charge in [-0.1, -0.05) is 25.4 Å². The van der Waals surface area contributed by atoms with Crippen molar-refractivity contribution in [3.8, 4) is 5.75 Å². The van der Waals surface area contributed by atoms with Gasteiger partial charge in [0.1, 0.15) is 5.75 Å². The summed E-state index contributed by atoms with van der Waals surface area (Å²) in [5.74, 6) is 0.657. The van der Waals surface area contributed by atoms with Crippen molar-refractivity contribution in [2.45, 2.75) is 19.8 Å². The minimum absolute atomic E-state index is 0.128. The molecule has 21 heavy (non-hydrogen) atoms. The van der Waals surface area contributed by atoms with E-state index in [4.69, 9.17) is 22.1 Å². The van der Waals surface area contributed by atoms with E-state index in [1.807, 2.05) is 19.9 Å². The predicted octanol–water partition coefficient (Wildman–Crippen LogP) is 4.29. The summed E-state index contributed by atoms with van der Waals surface area (Å²) in [6.45, 7) is 4.07. The zero-order chi connectivity index (χ0) is 15.6. The Balaban J connectivity index is 2.57. The molecular formula is C17H18ClNO2. The molecule has 0 atom stereocenters. The molecule has 4 heteroatoms. The van der Waals surface area contributed by atoms with Crippen molar-refractivity contribution in [3.63, 3.8) is 0 Å². The normalized spacial score (nSPS) is 10.7. The second kappa shape index (κ2) is 6.19. The Bertz CT molecular complexity index is 663. The molecule has 0 aliphatic heterocycles. The summed E-state index contributed by atoms with van der Waals surface area (Å²) >= 11 is 6.15. The van der Waals surface area contributed by atoms with Crippen molar-refractivity contribution >= 4 is 23.1 Å². The summed E-state index contributed by atoms with van der Waals surface area (Å²) in [6.07, 6.45) is 0. The van der Waals surface area contributed by atoms with Crippen LogP contribution in [-0.4, -0.2) is 12.9 Å². The molecule has 0 heterocycles. The molecule has 110 valence electrons. The second-order valence-electron chi connectivity index (χ2n) is 5.18. The highest BCUT2D eigenvalue weighted by atomic mass is 35.5.